The molecule has 3 aromatic heterocycles. The molecule has 0 saturated carbocycles. The van der Waals surface area contributed by atoms with Crippen LogP contribution >= 0.6 is 0 Å². The molecule has 0 unspecified atom stereocenters. The number of ether oxygens (including phenoxy) is 1. The number of pyridine rings is 1. The Morgan fingerprint density at radius 3 is 2.68 bits per heavy atom. The van der Waals surface area contributed by atoms with Gasteiger partial charge in [0.25, 0.3) is 5.91 Å². The Morgan fingerprint density at radius 2 is 1.92 bits per heavy atom. The minimum Gasteiger partial charge on any atom is -0.490 e. The quantitative estimate of drug-likeness (QED) is 0.187. The van der Waals surface area contributed by atoms with Crippen molar-refractivity contribution in [1.82, 2.24) is 14.4 Å². The Bertz CT molecular complexity index is 1650. The number of anilines is 1. The summed E-state index contributed by atoms with van der Waals surface area (Å²) in [6, 6.07) is 17.9. The third-order valence-electron chi connectivity index (χ3n) is 6.25. The van der Waals surface area contributed by atoms with E-state index < -0.39 is 13.0 Å². The number of amides is 1. The number of hydrogen-bond donors (Lipinski definition) is 5. The number of aromatic nitrogens is 3. The summed E-state index contributed by atoms with van der Waals surface area (Å²) < 4.78 is 7.76. The fourth-order valence-corrected chi connectivity index (χ4v) is 4.52. The summed E-state index contributed by atoms with van der Waals surface area (Å²) in [4.78, 5) is 21.8. The van der Waals surface area contributed by atoms with E-state index in [2.05, 4.69) is 5.32 Å². The number of nitrogens with two attached hydrogens (primary N) is 2. The second kappa shape index (κ2) is 10.5. The Kier molecular flexibility index (Phi) is 6.97. The lowest BCUT2D eigenvalue weighted by Gasteiger charge is -2.15. The van der Waals surface area contributed by atoms with Gasteiger partial charge in [-0.25, -0.2) is 9.97 Å². The van der Waals surface area contributed by atoms with Gasteiger partial charge in [-0.3, -0.25) is 4.79 Å². The van der Waals surface area contributed by atoms with E-state index in [1.54, 1.807) is 30.3 Å². The number of rotatable bonds is 9. The van der Waals surface area contributed by atoms with Gasteiger partial charge in [0.05, 0.1) is 16.8 Å². The van der Waals surface area contributed by atoms with Gasteiger partial charge in [-0.2, -0.15) is 0 Å². The van der Waals surface area contributed by atoms with E-state index in [4.69, 9.17) is 26.2 Å². The topological polar surface area (TPSA) is 161 Å². The van der Waals surface area contributed by atoms with Crippen molar-refractivity contribution in [2.75, 3.05) is 18.5 Å². The molecule has 0 aliphatic carbocycles. The Labute approximate surface area is 219 Å². The Morgan fingerprint density at radius 1 is 1.11 bits per heavy atom. The largest absolute Gasteiger partial charge is 0.490 e. The van der Waals surface area contributed by atoms with Crippen LogP contribution in [0.1, 0.15) is 21.5 Å². The second-order valence-electron chi connectivity index (χ2n) is 8.87. The van der Waals surface area contributed by atoms with E-state index >= 15 is 0 Å². The molecule has 5 aromatic rings. The fraction of sp³-hybridized carbons (Fsp3) is 0.148. The van der Waals surface area contributed by atoms with Gasteiger partial charge >= 0.3 is 7.12 Å². The number of fused-ring (bicyclic) bond motifs is 2. The summed E-state index contributed by atoms with van der Waals surface area (Å²) >= 11 is 0. The molecule has 0 saturated heterocycles. The first-order valence-electron chi connectivity index (χ1n) is 12.1. The van der Waals surface area contributed by atoms with Crippen LogP contribution in [-0.4, -0.2) is 50.6 Å². The maximum atomic E-state index is 12.0. The molecule has 3 heterocycles. The predicted octanol–water partition coefficient (Wildman–Crippen LogP) is 1.59. The van der Waals surface area contributed by atoms with Crippen LogP contribution < -0.4 is 27.0 Å². The third kappa shape index (κ3) is 4.77. The lowest BCUT2D eigenvalue weighted by atomic mass is 9.80. The molecule has 0 bridgehead atoms. The van der Waals surface area contributed by atoms with E-state index in [0.29, 0.717) is 64.8 Å². The maximum absolute atomic E-state index is 12.0. The minimum atomic E-state index is -1.56. The molecule has 10 nitrogen and oxygen atoms in total. The average molecular weight is 510 g/mol. The number of carbonyl (C=O) groups is 1. The number of primary amides is 1. The number of para-hydroxylation sites is 1. The molecule has 0 aliphatic heterocycles. The summed E-state index contributed by atoms with van der Waals surface area (Å²) in [6.07, 6.45) is 1.84. The smallest absolute Gasteiger partial charge is 0.488 e. The molecule has 0 radical (unpaired) electrons. The van der Waals surface area contributed by atoms with Gasteiger partial charge in [0.15, 0.2) is 5.82 Å². The first-order valence-corrected chi connectivity index (χ1v) is 12.1. The zero-order valence-corrected chi connectivity index (χ0v) is 20.8. The highest BCUT2D eigenvalue weighted by molar-refractivity contribution is 6.58. The molecule has 192 valence electrons. The molecule has 0 atom stereocenters. The van der Waals surface area contributed by atoms with Crippen molar-refractivity contribution in [3.05, 3.63) is 83.6 Å². The summed E-state index contributed by atoms with van der Waals surface area (Å²) in [6.45, 7) is 2.98. The Hall–Kier alpha value is -4.45. The number of carbonyl (C=O) groups excluding carboxylic acids is 1. The van der Waals surface area contributed by atoms with E-state index in [9.17, 15) is 14.8 Å². The van der Waals surface area contributed by atoms with Crippen LogP contribution in [0.3, 0.4) is 0 Å². The van der Waals surface area contributed by atoms with Gasteiger partial charge in [-0.15, -0.1) is 0 Å². The van der Waals surface area contributed by atoms with Gasteiger partial charge in [0, 0.05) is 24.7 Å². The number of benzene rings is 2. The first kappa shape index (κ1) is 25.2. The number of nitrogens with one attached hydrogen (secondary N) is 1. The van der Waals surface area contributed by atoms with Crippen LogP contribution in [0.2, 0.25) is 0 Å². The minimum absolute atomic E-state index is 0.326. The Balaban J connectivity index is 1.66. The van der Waals surface area contributed by atoms with Gasteiger partial charge in [0.2, 0.25) is 0 Å². The monoisotopic (exact) mass is 510 g/mol. The van der Waals surface area contributed by atoms with Crippen LogP contribution in [0.5, 0.6) is 5.75 Å². The van der Waals surface area contributed by atoms with Crippen molar-refractivity contribution in [2.24, 2.45) is 11.5 Å². The highest BCUT2D eigenvalue weighted by Crippen LogP contribution is 2.33. The van der Waals surface area contributed by atoms with E-state index in [1.165, 1.54) is 0 Å². The summed E-state index contributed by atoms with van der Waals surface area (Å²) in [7, 11) is -1.56. The number of nitrogens with zero attached hydrogens (tertiary/aromatic N) is 3. The highest BCUT2D eigenvalue weighted by atomic mass is 16.5. The molecular weight excluding hydrogens is 483 g/mol. The molecule has 0 spiro atoms. The number of hydrogen-bond acceptors (Lipinski definition) is 8. The zero-order chi connectivity index (χ0) is 26.8. The molecule has 7 N–H and O–H groups in total. The standard InChI is InChI=1S/C27H27BN6O4/c1-16-13-21-19(25(30)35)8-4-11-34(21)24(16)27-32-23-20(7-3-9-22(23)38-12-10-29)26(33-27)31-15-17-5-2-6-18(14-17)28(36)37/h2-9,11,13-14,36-37H,10,12,15,29H2,1H3,(H2,30,35)(H,31,32,33). The molecule has 1 amide bonds. The fourth-order valence-electron chi connectivity index (χ4n) is 4.52. The van der Waals surface area contributed by atoms with Crippen LogP contribution in [-0.2, 0) is 6.54 Å². The molecule has 38 heavy (non-hydrogen) atoms. The van der Waals surface area contributed by atoms with Crippen LogP contribution in [0.15, 0.2) is 66.9 Å². The predicted molar refractivity (Wildman–Crippen MR) is 147 cm³/mol. The average Bonchev–Trinajstić information content (AvgIpc) is 3.26. The lowest BCUT2D eigenvalue weighted by molar-refractivity contribution is 0.100. The highest BCUT2D eigenvalue weighted by Gasteiger charge is 2.20. The second-order valence-corrected chi connectivity index (χ2v) is 8.87. The van der Waals surface area contributed by atoms with Gasteiger partial charge in [-0.1, -0.05) is 30.3 Å². The molecule has 5 rings (SSSR count). The SMILES string of the molecule is Cc1cc2c(C(N)=O)cccn2c1-c1nc(NCc2cccc(B(O)O)c2)c2cccc(OCCN)c2n1. The van der Waals surface area contributed by atoms with Gasteiger partial charge < -0.3 is 36.0 Å². The third-order valence-corrected chi connectivity index (χ3v) is 6.25. The van der Waals surface area contributed by atoms with Crippen LogP contribution in [0.4, 0.5) is 5.82 Å². The maximum Gasteiger partial charge on any atom is 0.488 e. The van der Waals surface area contributed by atoms with Gasteiger partial charge in [0.1, 0.15) is 23.7 Å². The number of aryl methyl sites for hydroxylation is 1. The van der Waals surface area contributed by atoms with E-state index in [0.717, 1.165) is 16.5 Å². The summed E-state index contributed by atoms with van der Waals surface area (Å²) in [5.74, 6) is 1.05. The molecule has 0 aliphatic rings. The van der Waals surface area contributed by atoms with Crippen molar-refractivity contribution in [3.8, 4) is 17.3 Å². The lowest BCUT2D eigenvalue weighted by Crippen LogP contribution is -2.30. The van der Waals surface area contributed by atoms with E-state index in [1.807, 2.05) is 47.9 Å². The van der Waals surface area contributed by atoms with Crippen molar-refractivity contribution < 1.29 is 19.6 Å². The normalized spacial score (nSPS) is 11.2. The molecular formula is C27H27BN6O4. The van der Waals surface area contributed by atoms with Gasteiger partial charge in [-0.05, 0) is 53.8 Å². The van der Waals surface area contributed by atoms with Crippen LogP contribution in [0, 0.1) is 6.92 Å². The van der Waals surface area contributed by atoms with Crippen LogP contribution in [0.25, 0.3) is 27.9 Å². The summed E-state index contributed by atoms with van der Waals surface area (Å²) in [5, 5.41) is 23.2. The zero-order valence-electron chi connectivity index (χ0n) is 20.8. The van der Waals surface area contributed by atoms with E-state index in [-0.39, 0.29) is 0 Å². The van der Waals surface area contributed by atoms with Crippen molar-refractivity contribution in [3.63, 3.8) is 0 Å². The van der Waals surface area contributed by atoms with Crippen molar-refractivity contribution in [2.45, 2.75) is 13.5 Å². The molecule has 11 heteroatoms. The van der Waals surface area contributed by atoms with Crippen molar-refractivity contribution in [1.29, 1.82) is 0 Å². The van der Waals surface area contributed by atoms with Crippen molar-refractivity contribution >= 4 is 40.7 Å². The first-order chi connectivity index (χ1) is 18.4. The molecule has 2 aromatic carbocycles. The summed E-state index contributed by atoms with van der Waals surface area (Å²) in [5.41, 5.74) is 15.8. The molecule has 0 fully saturated rings.